The minimum atomic E-state index is -0.633. The summed E-state index contributed by atoms with van der Waals surface area (Å²) >= 11 is 11.4. The average Bonchev–Trinajstić information content (AvgIpc) is 2.45. The maximum Gasteiger partial charge on any atom is 0.358 e. The van der Waals surface area contributed by atoms with Gasteiger partial charge in [0.05, 0.1) is 19.5 Å². The third kappa shape index (κ3) is 3.09. The summed E-state index contributed by atoms with van der Waals surface area (Å²) in [7, 11) is 1.23. The van der Waals surface area contributed by atoms with Gasteiger partial charge in [-0.3, -0.25) is 4.79 Å². The lowest BCUT2D eigenvalue weighted by atomic mass is 10.1. The van der Waals surface area contributed by atoms with Gasteiger partial charge in [0, 0.05) is 5.56 Å². The fourth-order valence-corrected chi connectivity index (χ4v) is 1.86. The summed E-state index contributed by atoms with van der Waals surface area (Å²) in [5.74, 6) is -1.06. The van der Waals surface area contributed by atoms with Crippen LogP contribution in [0, 0.1) is 0 Å². The third-order valence-electron chi connectivity index (χ3n) is 2.30. The lowest BCUT2D eigenvalue weighted by Crippen LogP contribution is -2.09. The fraction of sp³-hybridized carbons (Fsp3) is 0.0833. The predicted octanol–water partition coefficient (Wildman–Crippen LogP) is 2.20. The number of carbonyl (C=O) groups excluding carboxylic acids is 2. The van der Waals surface area contributed by atoms with Gasteiger partial charge in [-0.15, -0.1) is 0 Å². The van der Waals surface area contributed by atoms with Gasteiger partial charge < -0.3 is 4.74 Å². The van der Waals surface area contributed by atoms with Crippen molar-refractivity contribution in [2.45, 2.75) is 0 Å². The molecule has 0 fully saturated rings. The Hall–Kier alpha value is -2.05. The first-order chi connectivity index (χ1) is 9.51. The number of aromatic nitrogens is 3. The first-order valence-electron chi connectivity index (χ1n) is 5.29. The zero-order valence-electron chi connectivity index (χ0n) is 10.1. The van der Waals surface area contributed by atoms with E-state index in [2.05, 4.69) is 19.7 Å². The Labute approximate surface area is 123 Å². The van der Waals surface area contributed by atoms with Crippen LogP contribution in [0.4, 0.5) is 0 Å². The van der Waals surface area contributed by atoms with Crippen molar-refractivity contribution >= 4 is 35.0 Å². The lowest BCUT2D eigenvalue weighted by Gasteiger charge is -2.02. The predicted molar refractivity (Wildman–Crippen MR) is 71.1 cm³/mol. The molecule has 0 saturated heterocycles. The number of esters is 1. The molecule has 0 aromatic carbocycles. The second-order valence-corrected chi connectivity index (χ2v) is 4.38. The van der Waals surface area contributed by atoms with Crippen molar-refractivity contribution in [3.05, 3.63) is 51.8 Å². The quantitative estimate of drug-likeness (QED) is 0.491. The molecule has 0 saturated carbocycles. The molecule has 0 aliphatic heterocycles. The number of pyridine rings is 1. The molecule has 0 atom stereocenters. The molecule has 6 nitrogen and oxygen atoms in total. The zero-order valence-corrected chi connectivity index (χ0v) is 11.6. The molecular formula is C12H7Cl2N3O3. The molecule has 0 N–H and O–H groups in total. The standard InChI is InChI=1S/C12H7Cl2N3O3/c1-20-12(19)8-5-15-7(4-16-8)11(18)6-2-9(13)17-10(14)3-6/h2-5H,1H3. The van der Waals surface area contributed by atoms with Crippen molar-refractivity contribution in [2.24, 2.45) is 0 Å². The monoisotopic (exact) mass is 311 g/mol. The summed E-state index contributed by atoms with van der Waals surface area (Å²) in [6.45, 7) is 0. The van der Waals surface area contributed by atoms with Crippen LogP contribution in [-0.2, 0) is 4.74 Å². The van der Waals surface area contributed by atoms with Gasteiger partial charge in [0.2, 0.25) is 5.78 Å². The number of ether oxygens (including phenoxy) is 1. The van der Waals surface area contributed by atoms with Gasteiger partial charge in [-0.1, -0.05) is 23.2 Å². The third-order valence-corrected chi connectivity index (χ3v) is 2.69. The summed E-state index contributed by atoms with van der Waals surface area (Å²) in [4.78, 5) is 34.7. The molecule has 2 aromatic rings. The van der Waals surface area contributed by atoms with Crippen molar-refractivity contribution < 1.29 is 14.3 Å². The van der Waals surface area contributed by atoms with Crippen molar-refractivity contribution in [1.29, 1.82) is 0 Å². The summed E-state index contributed by atoms with van der Waals surface area (Å²) in [6.07, 6.45) is 2.33. The van der Waals surface area contributed by atoms with E-state index in [9.17, 15) is 9.59 Å². The molecule has 2 aromatic heterocycles. The van der Waals surface area contributed by atoms with Gasteiger partial charge in [0.1, 0.15) is 16.0 Å². The average molecular weight is 312 g/mol. The van der Waals surface area contributed by atoms with Crippen LogP contribution in [0.15, 0.2) is 24.5 Å². The molecule has 0 spiro atoms. The van der Waals surface area contributed by atoms with E-state index in [0.29, 0.717) is 0 Å². The number of halogens is 2. The number of methoxy groups -OCH3 is 1. The molecular weight excluding hydrogens is 305 g/mol. The number of nitrogens with zero attached hydrogens (tertiary/aromatic N) is 3. The largest absolute Gasteiger partial charge is 0.464 e. The van der Waals surface area contributed by atoms with E-state index in [4.69, 9.17) is 23.2 Å². The summed E-state index contributed by atoms with van der Waals surface area (Å²) < 4.78 is 4.48. The second kappa shape index (κ2) is 5.94. The number of carbonyl (C=O) groups is 2. The molecule has 0 aliphatic rings. The van der Waals surface area contributed by atoms with E-state index in [1.54, 1.807) is 0 Å². The smallest absolute Gasteiger partial charge is 0.358 e. The molecule has 0 aliphatic carbocycles. The molecule has 20 heavy (non-hydrogen) atoms. The molecule has 8 heteroatoms. The molecule has 2 rings (SSSR count). The van der Waals surface area contributed by atoms with E-state index in [0.717, 1.165) is 6.20 Å². The lowest BCUT2D eigenvalue weighted by molar-refractivity contribution is 0.0593. The van der Waals surface area contributed by atoms with Crippen LogP contribution in [0.1, 0.15) is 26.5 Å². The van der Waals surface area contributed by atoms with Crippen molar-refractivity contribution in [3.63, 3.8) is 0 Å². The summed E-state index contributed by atoms with van der Waals surface area (Å²) in [5, 5.41) is 0.194. The number of hydrogen-bond donors (Lipinski definition) is 0. The Morgan fingerprint density at radius 1 is 1.05 bits per heavy atom. The fourth-order valence-electron chi connectivity index (χ4n) is 1.40. The molecule has 0 bridgehead atoms. The highest BCUT2D eigenvalue weighted by Crippen LogP contribution is 2.17. The Kier molecular flexibility index (Phi) is 4.26. The van der Waals surface area contributed by atoms with Crippen LogP contribution in [-0.4, -0.2) is 33.8 Å². The summed E-state index contributed by atoms with van der Waals surface area (Å²) in [5.41, 5.74) is 0.293. The van der Waals surface area contributed by atoms with Gasteiger partial charge >= 0.3 is 5.97 Å². The molecule has 0 unspecified atom stereocenters. The molecule has 0 amide bonds. The van der Waals surface area contributed by atoms with Gasteiger partial charge in [0.25, 0.3) is 0 Å². The summed E-state index contributed by atoms with van der Waals surface area (Å²) in [6, 6.07) is 2.73. The highest BCUT2D eigenvalue weighted by molar-refractivity contribution is 6.33. The first kappa shape index (κ1) is 14.4. The van der Waals surface area contributed by atoms with E-state index in [1.165, 1.54) is 25.4 Å². The van der Waals surface area contributed by atoms with Crippen molar-refractivity contribution in [3.8, 4) is 0 Å². The van der Waals surface area contributed by atoms with Crippen LogP contribution in [0.5, 0.6) is 0 Å². The minimum absolute atomic E-state index is 0.00911. The van der Waals surface area contributed by atoms with Crippen molar-refractivity contribution in [1.82, 2.24) is 15.0 Å². The highest BCUT2D eigenvalue weighted by Gasteiger charge is 2.15. The van der Waals surface area contributed by atoms with Gasteiger partial charge in [-0.2, -0.15) is 0 Å². The van der Waals surface area contributed by atoms with Crippen LogP contribution < -0.4 is 0 Å². The minimum Gasteiger partial charge on any atom is -0.464 e. The van der Waals surface area contributed by atoms with Crippen LogP contribution in [0.2, 0.25) is 10.3 Å². The number of rotatable bonds is 3. The van der Waals surface area contributed by atoms with E-state index >= 15 is 0 Å². The number of ketones is 1. The first-order valence-corrected chi connectivity index (χ1v) is 6.05. The van der Waals surface area contributed by atoms with Crippen LogP contribution in [0.25, 0.3) is 0 Å². The highest BCUT2D eigenvalue weighted by atomic mass is 35.5. The van der Waals surface area contributed by atoms with Crippen LogP contribution in [0.3, 0.4) is 0 Å². The van der Waals surface area contributed by atoms with Gasteiger partial charge in [0.15, 0.2) is 5.69 Å². The Balaban J connectivity index is 2.31. The Bertz CT molecular complexity index is 654. The van der Waals surface area contributed by atoms with E-state index in [1.807, 2.05) is 0 Å². The Morgan fingerprint density at radius 2 is 1.60 bits per heavy atom. The van der Waals surface area contributed by atoms with Crippen molar-refractivity contribution in [2.75, 3.05) is 7.11 Å². The second-order valence-electron chi connectivity index (χ2n) is 3.61. The van der Waals surface area contributed by atoms with Gasteiger partial charge in [-0.25, -0.2) is 19.7 Å². The Morgan fingerprint density at radius 3 is 2.10 bits per heavy atom. The van der Waals surface area contributed by atoms with Gasteiger partial charge in [-0.05, 0) is 12.1 Å². The number of hydrogen-bond acceptors (Lipinski definition) is 6. The van der Waals surface area contributed by atoms with E-state index in [-0.39, 0.29) is 27.3 Å². The van der Waals surface area contributed by atoms with E-state index < -0.39 is 11.8 Å². The molecule has 2 heterocycles. The van der Waals surface area contributed by atoms with Crippen LogP contribution >= 0.6 is 23.2 Å². The normalized spacial score (nSPS) is 10.2. The topological polar surface area (TPSA) is 82.0 Å². The molecule has 0 radical (unpaired) electrons. The zero-order chi connectivity index (χ0) is 14.7. The molecule has 102 valence electrons. The maximum absolute atomic E-state index is 12.1. The SMILES string of the molecule is COC(=O)c1cnc(C(=O)c2cc(Cl)nc(Cl)c2)cn1. The maximum atomic E-state index is 12.1.